The SMILES string of the molecule is Cc1cccc(C)c1-c1ccc2c3ccc(Oc4ccc5c(c4)c4nccn4c4nccnc54)cc3c3nccn3c2c1-c1c(C)cccc1C. The molecule has 0 aliphatic carbocycles. The van der Waals surface area contributed by atoms with Crippen LogP contribution in [0.3, 0.4) is 0 Å². The number of aryl methyl sites for hydroxylation is 4. The molecule has 5 heterocycles. The molecule has 7 heteroatoms. The summed E-state index contributed by atoms with van der Waals surface area (Å²) in [5.74, 6) is 1.44. The van der Waals surface area contributed by atoms with Crippen LogP contribution in [0, 0.1) is 27.7 Å². The fourth-order valence-corrected chi connectivity index (χ4v) is 8.14. The molecule has 0 aliphatic heterocycles. The fourth-order valence-electron chi connectivity index (χ4n) is 8.14. The summed E-state index contributed by atoms with van der Waals surface area (Å²) in [5, 5.41) is 5.24. The molecule has 0 aliphatic rings. The summed E-state index contributed by atoms with van der Waals surface area (Å²) in [7, 11) is 0. The van der Waals surface area contributed by atoms with Crippen molar-refractivity contribution < 1.29 is 4.74 Å². The van der Waals surface area contributed by atoms with Gasteiger partial charge in [0, 0.05) is 64.3 Å². The van der Waals surface area contributed by atoms with Gasteiger partial charge >= 0.3 is 0 Å². The number of nitrogens with zero attached hydrogens (tertiary/aromatic N) is 6. The van der Waals surface area contributed by atoms with Gasteiger partial charge in [0.2, 0.25) is 0 Å². The molecule has 7 nitrogen and oxygen atoms in total. The van der Waals surface area contributed by atoms with Gasteiger partial charge in [-0.25, -0.2) is 15.0 Å². The Morgan fingerprint density at radius 3 is 1.71 bits per heavy atom. The summed E-state index contributed by atoms with van der Waals surface area (Å²) in [6, 6.07) is 30.1. The quantitative estimate of drug-likeness (QED) is 0.176. The van der Waals surface area contributed by atoms with Gasteiger partial charge in [-0.2, -0.15) is 0 Å². The van der Waals surface area contributed by atoms with Crippen molar-refractivity contribution in [2.24, 2.45) is 0 Å². The number of benzene rings is 5. The van der Waals surface area contributed by atoms with Gasteiger partial charge in [0.05, 0.1) is 5.52 Å². The van der Waals surface area contributed by atoms with Gasteiger partial charge in [-0.1, -0.05) is 48.5 Å². The molecule has 0 atom stereocenters. The van der Waals surface area contributed by atoms with Gasteiger partial charge in [0.15, 0.2) is 5.65 Å². The molecule has 0 spiro atoms. The van der Waals surface area contributed by atoms with Gasteiger partial charge in [0.25, 0.3) is 0 Å². The topological polar surface area (TPSA) is 69.6 Å². The van der Waals surface area contributed by atoms with E-state index in [1.807, 2.05) is 35.0 Å². The van der Waals surface area contributed by atoms with Gasteiger partial charge in [0.1, 0.15) is 28.3 Å². The summed E-state index contributed by atoms with van der Waals surface area (Å²) >= 11 is 0. The van der Waals surface area contributed by atoms with Crippen LogP contribution in [-0.2, 0) is 0 Å². The largest absolute Gasteiger partial charge is 0.457 e. The van der Waals surface area contributed by atoms with Crippen LogP contribution in [0.1, 0.15) is 22.3 Å². The molecule has 10 aromatic rings. The van der Waals surface area contributed by atoms with E-state index in [9.17, 15) is 0 Å². The Morgan fingerprint density at radius 1 is 0.451 bits per heavy atom. The molecule has 0 unspecified atom stereocenters. The molecule has 0 N–H and O–H groups in total. The minimum absolute atomic E-state index is 0.714. The number of fused-ring (bicyclic) bond motifs is 12. The molecule has 10 rings (SSSR count). The number of imidazole rings is 2. The van der Waals surface area contributed by atoms with E-state index in [0.29, 0.717) is 5.75 Å². The Kier molecular flexibility index (Phi) is 6.30. The van der Waals surface area contributed by atoms with Gasteiger partial charge in [-0.05, 0) is 108 Å². The molecule has 5 aromatic carbocycles. The van der Waals surface area contributed by atoms with Crippen molar-refractivity contribution in [2.45, 2.75) is 27.7 Å². The molecule has 0 amide bonds. The van der Waals surface area contributed by atoms with E-state index < -0.39 is 0 Å². The van der Waals surface area contributed by atoms with E-state index in [0.717, 1.165) is 60.7 Å². The van der Waals surface area contributed by atoms with E-state index in [1.165, 1.54) is 44.5 Å². The van der Waals surface area contributed by atoms with Crippen molar-refractivity contribution in [3.05, 3.63) is 144 Å². The number of hydrogen-bond acceptors (Lipinski definition) is 5. The molecule has 0 radical (unpaired) electrons. The van der Waals surface area contributed by atoms with Crippen molar-refractivity contribution in [1.82, 2.24) is 28.7 Å². The predicted octanol–water partition coefficient (Wildman–Crippen LogP) is 10.7. The van der Waals surface area contributed by atoms with Crippen LogP contribution in [-0.4, -0.2) is 28.7 Å². The molecule has 5 aromatic heterocycles. The minimum Gasteiger partial charge on any atom is -0.457 e. The Morgan fingerprint density at radius 2 is 1.00 bits per heavy atom. The standard InChI is InChI=1S/C44H32N6O/c1-25-7-5-8-26(2)37(25)34-16-15-33-31-13-11-29(23-35(31)42-47-19-21-49(42)41(33)39(34)38-27(3)9-6-10-28(38)4)51-30-12-14-32-36(24-30)43-48-20-22-50(43)44-40(32)45-17-18-46-44/h5-24H,1-4H3. The Bertz CT molecular complexity index is 3020. The van der Waals surface area contributed by atoms with Crippen molar-refractivity contribution in [3.63, 3.8) is 0 Å². The maximum atomic E-state index is 6.59. The van der Waals surface area contributed by atoms with Gasteiger partial charge < -0.3 is 4.74 Å². The lowest BCUT2D eigenvalue weighted by molar-refractivity contribution is 0.484. The average molecular weight is 661 g/mol. The third kappa shape index (κ3) is 4.31. The number of hydrogen-bond donors (Lipinski definition) is 0. The zero-order chi connectivity index (χ0) is 34.4. The lowest BCUT2D eigenvalue weighted by atomic mass is 9.84. The highest BCUT2D eigenvalue weighted by Gasteiger charge is 2.22. The maximum absolute atomic E-state index is 6.59. The van der Waals surface area contributed by atoms with Crippen LogP contribution in [0.2, 0.25) is 0 Å². The molecular formula is C44H32N6O. The van der Waals surface area contributed by atoms with Crippen LogP contribution in [0.4, 0.5) is 0 Å². The molecule has 0 fully saturated rings. The molecule has 244 valence electrons. The van der Waals surface area contributed by atoms with Crippen molar-refractivity contribution >= 4 is 54.9 Å². The van der Waals surface area contributed by atoms with Crippen LogP contribution >= 0.6 is 0 Å². The second-order valence-electron chi connectivity index (χ2n) is 13.4. The molecule has 0 bridgehead atoms. The lowest BCUT2D eigenvalue weighted by Crippen LogP contribution is -2.00. The highest BCUT2D eigenvalue weighted by Crippen LogP contribution is 2.45. The predicted molar refractivity (Wildman–Crippen MR) is 206 cm³/mol. The summed E-state index contributed by atoms with van der Waals surface area (Å²) < 4.78 is 10.8. The summed E-state index contributed by atoms with van der Waals surface area (Å²) in [4.78, 5) is 18.8. The second kappa shape index (κ2) is 11.0. The lowest BCUT2D eigenvalue weighted by Gasteiger charge is -2.22. The van der Waals surface area contributed by atoms with Crippen LogP contribution in [0.25, 0.3) is 77.2 Å². The van der Waals surface area contributed by atoms with E-state index >= 15 is 0 Å². The average Bonchev–Trinajstić information content (AvgIpc) is 3.84. The Labute approximate surface area is 293 Å². The second-order valence-corrected chi connectivity index (χ2v) is 13.4. The van der Waals surface area contributed by atoms with E-state index in [2.05, 4.69) is 120 Å². The highest BCUT2D eigenvalue weighted by molar-refractivity contribution is 6.18. The van der Waals surface area contributed by atoms with Crippen LogP contribution < -0.4 is 4.74 Å². The summed E-state index contributed by atoms with van der Waals surface area (Å²) in [6.07, 6.45) is 11.1. The van der Waals surface area contributed by atoms with Crippen LogP contribution in [0.15, 0.2) is 122 Å². The Balaban J connectivity index is 1.19. The molecule has 0 saturated heterocycles. The summed E-state index contributed by atoms with van der Waals surface area (Å²) in [5.41, 5.74) is 14.4. The van der Waals surface area contributed by atoms with Crippen LogP contribution in [0.5, 0.6) is 11.5 Å². The number of aromatic nitrogens is 6. The van der Waals surface area contributed by atoms with Gasteiger partial charge in [-0.3, -0.25) is 13.8 Å². The number of pyridine rings is 2. The maximum Gasteiger partial charge on any atom is 0.165 e. The number of rotatable bonds is 4. The first-order valence-electron chi connectivity index (χ1n) is 17.1. The molecular weight excluding hydrogens is 629 g/mol. The first-order valence-corrected chi connectivity index (χ1v) is 17.1. The number of ether oxygens (including phenoxy) is 1. The minimum atomic E-state index is 0.714. The zero-order valence-corrected chi connectivity index (χ0v) is 28.6. The van der Waals surface area contributed by atoms with E-state index in [-0.39, 0.29) is 0 Å². The monoisotopic (exact) mass is 660 g/mol. The van der Waals surface area contributed by atoms with Crippen molar-refractivity contribution in [2.75, 3.05) is 0 Å². The van der Waals surface area contributed by atoms with E-state index in [1.54, 1.807) is 18.6 Å². The third-order valence-corrected chi connectivity index (χ3v) is 10.3. The van der Waals surface area contributed by atoms with Crippen molar-refractivity contribution in [3.8, 4) is 33.8 Å². The normalized spacial score (nSPS) is 11.9. The summed E-state index contributed by atoms with van der Waals surface area (Å²) in [6.45, 7) is 8.84. The smallest absolute Gasteiger partial charge is 0.165 e. The first-order chi connectivity index (χ1) is 25.0. The van der Waals surface area contributed by atoms with E-state index in [4.69, 9.17) is 9.72 Å². The highest BCUT2D eigenvalue weighted by atomic mass is 16.5. The fraction of sp³-hybridized carbons (Fsp3) is 0.0909. The van der Waals surface area contributed by atoms with Gasteiger partial charge in [-0.15, -0.1) is 0 Å². The first kappa shape index (κ1) is 29.3. The Hall–Kier alpha value is -6.60. The van der Waals surface area contributed by atoms with Crippen molar-refractivity contribution in [1.29, 1.82) is 0 Å². The zero-order valence-electron chi connectivity index (χ0n) is 28.6. The third-order valence-electron chi connectivity index (χ3n) is 10.3. The molecule has 0 saturated carbocycles. The molecule has 51 heavy (non-hydrogen) atoms.